The van der Waals surface area contributed by atoms with E-state index in [1.165, 1.54) is 0 Å². The van der Waals surface area contributed by atoms with Gasteiger partial charge in [0, 0.05) is 18.0 Å². The Morgan fingerprint density at radius 1 is 1.31 bits per heavy atom. The number of nitrogens with zero attached hydrogens (tertiary/aromatic N) is 1. The lowest BCUT2D eigenvalue weighted by Gasteiger charge is -2.03. The first kappa shape index (κ1) is 11.1. The van der Waals surface area contributed by atoms with Crippen molar-refractivity contribution in [2.45, 2.75) is 12.1 Å². The fourth-order valence-electron chi connectivity index (χ4n) is 1.29. The number of oxazole rings is 1. The summed E-state index contributed by atoms with van der Waals surface area (Å²) in [5, 5.41) is 4.07. The van der Waals surface area contributed by atoms with E-state index in [1.807, 2.05) is 25.1 Å². The zero-order valence-electron chi connectivity index (χ0n) is 9.14. The average Bonchev–Trinajstić information content (AvgIpc) is 2.72. The molecule has 1 N–H and O–H groups in total. The molecule has 0 saturated heterocycles. The van der Waals surface area contributed by atoms with Gasteiger partial charge in [0.25, 0.3) is 5.22 Å². The van der Waals surface area contributed by atoms with Crippen LogP contribution >= 0.6 is 11.8 Å². The number of rotatable bonds is 5. The van der Waals surface area contributed by atoms with Crippen molar-refractivity contribution in [3.05, 3.63) is 42.3 Å². The van der Waals surface area contributed by atoms with Crippen LogP contribution in [-0.4, -0.2) is 17.3 Å². The molecule has 0 aliphatic carbocycles. The molecule has 0 aliphatic heterocycles. The van der Waals surface area contributed by atoms with Gasteiger partial charge in [-0.25, -0.2) is 4.98 Å². The highest BCUT2D eigenvalue weighted by atomic mass is 32.2. The quantitative estimate of drug-likeness (QED) is 0.637. The number of nitrogens with one attached hydrogen (secondary N) is 1. The number of anilines is 1. The molecular formula is C12H14N2OS. The first-order valence-corrected chi connectivity index (χ1v) is 6.17. The van der Waals surface area contributed by atoms with Crippen molar-refractivity contribution in [3.8, 4) is 0 Å². The third-order valence-corrected chi connectivity index (χ3v) is 2.87. The molecule has 0 radical (unpaired) electrons. The predicted molar refractivity (Wildman–Crippen MR) is 66.9 cm³/mol. The van der Waals surface area contributed by atoms with Gasteiger partial charge >= 0.3 is 0 Å². The van der Waals surface area contributed by atoms with E-state index >= 15 is 0 Å². The van der Waals surface area contributed by atoms with Crippen LogP contribution in [0, 0.1) is 6.92 Å². The van der Waals surface area contributed by atoms with Gasteiger partial charge in [-0.1, -0.05) is 30.0 Å². The Balaban J connectivity index is 1.69. The molecule has 0 saturated carbocycles. The van der Waals surface area contributed by atoms with Crippen LogP contribution in [0.2, 0.25) is 0 Å². The van der Waals surface area contributed by atoms with E-state index in [2.05, 4.69) is 22.4 Å². The van der Waals surface area contributed by atoms with Crippen LogP contribution in [0.5, 0.6) is 0 Å². The molecule has 0 bridgehead atoms. The Morgan fingerprint density at radius 2 is 2.12 bits per heavy atom. The Morgan fingerprint density at radius 3 is 2.81 bits per heavy atom. The van der Waals surface area contributed by atoms with Crippen LogP contribution in [0.25, 0.3) is 0 Å². The summed E-state index contributed by atoms with van der Waals surface area (Å²) in [5.41, 5.74) is 2.07. The molecule has 0 unspecified atom stereocenters. The van der Waals surface area contributed by atoms with Crippen LogP contribution in [0.3, 0.4) is 0 Å². The molecule has 2 rings (SSSR count). The van der Waals surface area contributed by atoms with Crippen LogP contribution in [-0.2, 0) is 0 Å². The molecule has 0 aliphatic rings. The van der Waals surface area contributed by atoms with Crippen molar-refractivity contribution >= 4 is 17.4 Å². The molecule has 2 aromatic rings. The van der Waals surface area contributed by atoms with Crippen molar-refractivity contribution in [2.75, 3.05) is 17.6 Å². The van der Waals surface area contributed by atoms with Crippen molar-refractivity contribution in [3.63, 3.8) is 0 Å². The minimum atomic E-state index is 0.743. The van der Waals surface area contributed by atoms with E-state index in [9.17, 15) is 0 Å². The Bertz CT molecular complexity index is 428. The van der Waals surface area contributed by atoms with Gasteiger partial charge in [-0.05, 0) is 19.1 Å². The van der Waals surface area contributed by atoms with Crippen molar-refractivity contribution in [1.29, 1.82) is 0 Å². The molecule has 3 nitrogen and oxygen atoms in total. The van der Waals surface area contributed by atoms with Gasteiger partial charge in [0.05, 0.1) is 5.69 Å². The van der Waals surface area contributed by atoms with E-state index in [4.69, 9.17) is 4.42 Å². The zero-order chi connectivity index (χ0) is 11.2. The summed E-state index contributed by atoms with van der Waals surface area (Å²) in [6.07, 6.45) is 1.67. The van der Waals surface area contributed by atoms with Gasteiger partial charge in [0.2, 0.25) is 0 Å². The number of hydrogen-bond donors (Lipinski definition) is 1. The van der Waals surface area contributed by atoms with Gasteiger partial charge in [-0.2, -0.15) is 0 Å². The van der Waals surface area contributed by atoms with Gasteiger partial charge in [-0.15, -0.1) is 0 Å². The van der Waals surface area contributed by atoms with Gasteiger partial charge < -0.3 is 9.73 Å². The van der Waals surface area contributed by atoms with E-state index in [0.717, 1.165) is 28.9 Å². The average molecular weight is 234 g/mol. The largest absolute Gasteiger partial charge is 0.440 e. The summed E-state index contributed by atoms with van der Waals surface area (Å²) in [4.78, 5) is 4.22. The predicted octanol–water partition coefficient (Wildman–Crippen LogP) is 3.19. The minimum Gasteiger partial charge on any atom is -0.440 e. The highest BCUT2D eigenvalue weighted by Gasteiger charge is 2.00. The fourth-order valence-corrected chi connectivity index (χ4v) is 1.99. The summed E-state index contributed by atoms with van der Waals surface area (Å²) in [6, 6.07) is 10.2. The van der Waals surface area contributed by atoms with Crippen LogP contribution in [0.4, 0.5) is 5.69 Å². The SMILES string of the molecule is Cc1coc(SCCNc2ccccc2)n1. The first-order valence-electron chi connectivity index (χ1n) is 5.18. The molecule has 84 valence electrons. The van der Waals surface area contributed by atoms with Crippen molar-refractivity contribution < 1.29 is 4.42 Å². The third kappa shape index (κ3) is 3.31. The van der Waals surface area contributed by atoms with Crippen LogP contribution < -0.4 is 5.32 Å². The van der Waals surface area contributed by atoms with Crippen LogP contribution in [0.1, 0.15) is 5.69 Å². The lowest BCUT2D eigenvalue weighted by molar-refractivity contribution is 0.454. The number of aryl methyl sites for hydroxylation is 1. The Kier molecular flexibility index (Phi) is 3.88. The number of thioether (sulfide) groups is 1. The lowest BCUT2D eigenvalue weighted by atomic mass is 10.3. The maximum atomic E-state index is 5.24. The maximum Gasteiger partial charge on any atom is 0.255 e. The molecule has 4 heteroatoms. The highest BCUT2D eigenvalue weighted by Crippen LogP contribution is 2.16. The standard InChI is InChI=1S/C12H14N2OS/c1-10-9-15-12(14-10)16-8-7-13-11-5-3-2-4-6-11/h2-6,9,13H,7-8H2,1H3. The normalized spacial score (nSPS) is 10.3. The third-order valence-electron chi connectivity index (χ3n) is 2.03. The van der Waals surface area contributed by atoms with Gasteiger partial charge in [-0.3, -0.25) is 0 Å². The molecule has 1 aromatic heterocycles. The van der Waals surface area contributed by atoms with Crippen molar-refractivity contribution in [2.24, 2.45) is 0 Å². The zero-order valence-corrected chi connectivity index (χ0v) is 9.96. The summed E-state index contributed by atoms with van der Waals surface area (Å²) in [7, 11) is 0. The minimum absolute atomic E-state index is 0.743. The van der Waals surface area contributed by atoms with Gasteiger partial charge in [0.15, 0.2) is 0 Å². The topological polar surface area (TPSA) is 38.1 Å². The number of hydrogen-bond acceptors (Lipinski definition) is 4. The molecular weight excluding hydrogens is 220 g/mol. The van der Waals surface area contributed by atoms with E-state index in [-0.39, 0.29) is 0 Å². The molecule has 1 aromatic carbocycles. The molecule has 1 heterocycles. The second-order valence-corrected chi connectivity index (χ2v) is 4.44. The maximum absolute atomic E-state index is 5.24. The number of aromatic nitrogens is 1. The van der Waals surface area contributed by atoms with Gasteiger partial charge in [0.1, 0.15) is 6.26 Å². The summed E-state index contributed by atoms with van der Waals surface area (Å²) < 4.78 is 5.24. The number of benzene rings is 1. The molecule has 0 spiro atoms. The first-order chi connectivity index (χ1) is 7.84. The Hall–Kier alpha value is -1.42. The van der Waals surface area contributed by atoms with E-state index in [0.29, 0.717) is 0 Å². The smallest absolute Gasteiger partial charge is 0.255 e. The van der Waals surface area contributed by atoms with Crippen LogP contribution in [0.15, 0.2) is 46.2 Å². The summed E-state index contributed by atoms with van der Waals surface area (Å²) >= 11 is 1.62. The fraction of sp³-hybridized carbons (Fsp3) is 0.250. The summed E-state index contributed by atoms with van der Waals surface area (Å²) in [6.45, 7) is 2.83. The number of para-hydroxylation sites is 1. The highest BCUT2D eigenvalue weighted by molar-refractivity contribution is 7.99. The monoisotopic (exact) mass is 234 g/mol. The Labute approximate surface area is 99.3 Å². The summed E-state index contributed by atoms with van der Waals surface area (Å²) in [5.74, 6) is 0.939. The van der Waals surface area contributed by atoms with E-state index < -0.39 is 0 Å². The lowest BCUT2D eigenvalue weighted by Crippen LogP contribution is -2.03. The molecule has 16 heavy (non-hydrogen) atoms. The molecule has 0 amide bonds. The molecule has 0 atom stereocenters. The molecule has 0 fully saturated rings. The van der Waals surface area contributed by atoms with E-state index in [1.54, 1.807) is 18.0 Å². The second kappa shape index (κ2) is 5.61. The second-order valence-electron chi connectivity index (χ2n) is 3.40. The van der Waals surface area contributed by atoms with Crippen molar-refractivity contribution in [1.82, 2.24) is 4.98 Å².